The molecule has 0 bridgehead atoms. The molecule has 1 fully saturated rings. The molecule has 0 radical (unpaired) electrons. The van der Waals surface area contributed by atoms with Gasteiger partial charge in [0.25, 0.3) is 0 Å². The number of benzene rings is 1. The Balaban J connectivity index is 1.90. The molecule has 0 spiro atoms. The van der Waals surface area contributed by atoms with E-state index in [0.29, 0.717) is 24.4 Å². The van der Waals surface area contributed by atoms with Gasteiger partial charge in [0.2, 0.25) is 0 Å². The Kier molecular flexibility index (Phi) is 4.03. The molecule has 5 heteroatoms. The van der Waals surface area contributed by atoms with Crippen LogP contribution >= 0.6 is 0 Å². The van der Waals surface area contributed by atoms with E-state index in [9.17, 15) is 0 Å². The SMILES string of the molecule is CC1CCCC(CN)N1Cc1nc(N)c2ccccc2n1. The summed E-state index contributed by atoms with van der Waals surface area (Å²) < 4.78 is 0. The summed E-state index contributed by atoms with van der Waals surface area (Å²) in [5.41, 5.74) is 12.9. The zero-order valence-corrected chi connectivity index (χ0v) is 12.5. The third-order valence-electron chi connectivity index (χ3n) is 4.47. The zero-order chi connectivity index (χ0) is 14.8. The van der Waals surface area contributed by atoms with E-state index in [1.807, 2.05) is 24.3 Å². The highest BCUT2D eigenvalue weighted by molar-refractivity contribution is 5.87. The molecule has 112 valence electrons. The number of hydrogen-bond acceptors (Lipinski definition) is 5. The van der Waals surface area contributed by atoms with Crippen molar-refractivity contribution >= 4 is 16.7 Å². The van der Waals surface area contributed by atoms with Gasteiger partial charge in [-0.05, 0) is 31.9 Å². The molecule has 21 heavy (non-hydrogen) atoms. The first-order valence-electron chi connectivity index (χ1n) is 7.66. The Morgan fingerprint density at radius 3 is 2.86 bits per heavy atom. The lowest BCUT2D eigenvalue weighted by Gasteiger charge is -2.39. The largest absolute Gasteiger partial charge is 0.383 e. The summed E-state index contributed by atoms with van der Waals surface area (Å²) in [4.78, 5) is 11.6. The molecule has 1 aliphatic heterocycles. The van der Waals surface area contributed by atoms with Gasteiger partial charge in [-0.15, -0.1) is 0 Å². The number of hydrogen-bond donors (Lipinski definition) is 2. The Morgan fingerprint density at radius 2 is 2.05 bits per heavy atom. The maximum atomic E-state index is 6.07. The van der Waals surface area contributed by atoms with E-state index in [1.165, 1.54) is 12.8 Å². The number of rotatable bonds is 3. The van der Waals surface area contributed by atoms with Gasteiger partial charge < -0.3 is 11.5 Å². The molecule has 0 saturated carbocycles. The Hall–Kier alpha value is -1.72. The molecule has 2 unspecified atom stereocenters. The third-order valence-corrected chi connectivity index (χ3v) is 4.47. The second-order valence-electron chi connectivity index (χ2n) is 5.88. The molecule has 1 aromatic carbocycles. The lowest BCUT2D eigenvalue weighted by Crippen LogP contribution is -2.48. The molecule has 0 amide bonds. The van der Waals surface area contributed by atoms with Crippen LogP contribution in [0.4, 0.5) is 5.82 Å². The van der Waals surface area contributed by atoms with Crippen molar-refractivity contribution in [1.82, 2.24) is 14.9 Å². The Morgan fingerprint density at radius 1 is 1.24 bits per heavy atom. The normalized spacial score (nSPS) is 23.5. The van der Waals surface area contributed by atoms with Gasteiger partial charge in [-0.1, -0.05) is 18.6 Å². The van der Waals surface area contributed by atoms with Crippen LogP contribution in [0.3, 0.4) is 0 Å². The first-order valence-corrected chi connectivity index (χ1v) is 7.66. The summed E-state index contributed by atoms with van der Waals surface area (Å²) in [6.07, 6.45) is 3.61. The smallest absolute Gasteiger partial charge is 0.145 e. The molecular weight excluding hydrogens is 262 g/mol. The van der Waals surface area contributed by atoms with E-state index in [-0.39, 0.29) is 0 Å². The van der Waals surface area contributed by atoms with Crippen LogP contribution in [0.25, 0.3) is 10.9 Å². The molecule has 2 atom stereocenters. The lowest BCUT2D eigenvalue weighted by atomic mass is 9.96. The quantitative estimate of drug-likeness (QED) is 0.900. The zero-order valence-electron chi connectivity index (χ0n) is 12.5. The number of nitrogens with zero attached hydrogens (tertiary/aromatic N) is 3. The van der Waals surface area contributed by atoms with Crippen molar-refractivity contribution in [1.29, 1.82) is 0 Å². The number of nitrogen functional groups attached to an aromatic ring is 1. The minimum absolute atomic E-state index is 0.421. The van der Waals surface area contributed by atoms with Crippen LogP contribution in [-0.4, -0.2) is 33.5 Å². The molecule has 0 aliphatic carbocycles. The monoisotopic (exact) mass is 285 g/mol. The number of likely N-dealkylation sites (tertiary alicyclic amines) is 1. The number of para-hydroxylation sites is 1. The van der Waals surface area contributed by atoms with E-state index in [1.54, 1.807) is 0 Å². The molecule has 1 saturated heterocycles. The fourth-order valence-electron chi connectivity index (χ4n) is 3.26. The Bertz CT molecular complexity index is 627. The molecule has 1 aliphatic rings. The van der Waals surface area contributed by atoms with Crippen LogP contribution in [-0.2, 0) is 6.54 Å². The number of anilines is 1. The van der Waals surface area contributed by atoms with Gasteiger partial charge in [0, 0.05) is 24.0 Å². The average Bonchev–Trinajstić information content (AvgIpc) is 2.49. The van der Waals surface area contributed by atoms with Crippen molar-refractivity contribution in [2.75, 3.05) is 12.3 Å². The standard InChI is InChI=1S/C16H23N5/c1-11-5-4-6-12(9-17)21(11)10-15-19-14-8-3-2-7-13(14)16(18)20-15/h2-3,7-8,11-12H,4-6,9-10,17H2,1H3,(H2,18,19,20). The van der Waals surface area contributed by atoms with Crippen molar-refractivity contribution in [2.45, 2.75) is 44.8 Å². The van der Waals surface area contributed by atoms with Gasteiger partial charge in [-0.2, -0.15) is 0 Å². The van der Waals surface area contributed by atoms with E-state index in [0.717, 1.165) is 29.7 Å². The van der Waals surface area contributed by atoms with Crippen molar-refractivity contribution in [2.24, 2.45) is 5.73 Å². The summed E-state index contributed by atoms with van der Waals surface area (Å²) >= 11 is 0. The minimum Gasteiger partial charge on any atom is -0.383 e. The molecular formula is C16H23N5. The van der Waals surface area contributed by atoms with Crippen molar-refractivity contribution < 1.29 is 0 Å². The van der Waals surface area contributed by atoms with E-state index < -0.39 is 0 Å². The molecule has 2 heterocycles. The van der Waals surface area contributed by atoms with Crippen LogP contribution in [0, 0.1) is 0 Å². The van der Waals surface area contributed by atoms with E-state index in [2.05, 4.69) is 21.8 Å². The van der Waals surface area contributed by atoms with Gasteiger partial charge in [0.05, 0.1) is 12.1 Å². The highest BCUT2D eigenvalue weighted by Gasteiger charge is 2.27. The van der Waals surface area contributed by atoms with Crippen molar-refractivity contribution in [3.8, 4) is 0 Å². The second kappa shape index (κ2) is 5.95. The van der Waals surface area contributed by atoms with Gasteiger partial charge in [-0.25, -0.2) is 9.97 Å². The topological polar surface area (TPSA) is 81.1 Å². The second-order valence-corrected chi connectivity index (χ2v) is 5.88. The maximum absolute atomic E-state index is 6.07. The third kappa shape index (κ3) is 2.84. The summed E-state index contributed by atoms with van der Waals surface area (Å²) in [7, 11) is 0. The van der Waals surface area contributed by atoms with E-state index in [4.69, 9.17) is 11.5 Å². The summed E-state index contributed by atoms with van der Waals surface area (Å²) in [5.74, 6) is 1.35. The fourth-order valence-corrected chi connectivity index (χ4v) is 3.26. The van der Waals surface area contributed by atoms with Crippen LogP contribution in [0.1, 0.15) is 32.0 Å². The molecule has 3 rings (SSSR count). The molecule has 4 N–H and O–H groups in total. The van der Waals surface area contributed by atoms with Crippen LogP contribution in [0.15, 0.2) is 24.3 Å². The van der Waals surface area contributed by atoms with Crippen molar-refractivity contribution in [3.63, 3.8) is 0 Å². The van der Waals surface area contributed by atoms with Crippen molar-refractivity contribution in [3.05, 3.63) is 30.1 Å². The molecule has 5 nitrogen and oxygen atoms in total. The predicted octanol–water partition coefficient (Wildman–Crippen LogP) is 1.91. The van der Waals surface area contributed by atoms with Gasteiger partial charge in [0.15, 0.2) is 0 Å². The summed E-state index contributed by atoms with van der Waals surface area (Å²) in [6, 6.07) is 8.81. The fraction of sp³-hybridized carbons (Fsp3) is 0.500. The minimum atomic E-state index is 0.421. The maximum Gasteiger partial charge on any atom is 0.145 e. The highest BCUT2D eigenvalue weighted by Crippen LogP contribution is 2.25. The first-order chi connectivity index (χ1) is 10.2. The van der Waals surface area contributed by atoms with Crippen LogP contribution in [0.5, 0.6) is 0 Å². The lowest BCUT2D eigenvalue weighted by molar-refractivity contribution is 0.0864. The average molecular weight is 285 g/mol. The number of nitrogens with two attached hydrogens (primary N) is 2. The summed E-state index contributed by atoms with van der Waals surface area (Å²) in [5, 5.41) is 0.920. The van der Waals surface area contributed by atoms with Crippen LogP contribution in [0.2, 0.25) is 0 Å². The number of fused-ring (bicyclic) bond motifs is 1. The highest BCUT2D eigenvalue weighted by atomic mass is 15.2. The van der Waals surface area contributed by atoms with Crippen LogP contribution < -0.4 is 11.5 Å². The Labute approximate surface area is 125 Å². The van der Waals surface area contributed by atoms with Gasteiger partial charge in [0.1, 0.15) is 11.6 Å². The summed E-state index contributed by atoms with van der Waals surface area (Å²) in [6.45, 7) is 3.66. The van der Waals surface area contributed by atoms with Gasteiger partial charge >= 0.3 is 0 Å². The van der Waals surface area contributed by atoms with Gasteiger partial charge in [-0.3, -0.25) is 4.90 Å². The molecule has 1 aromatic heterocycles. The van der Waals surface area contributed by atoms with E-state index >= 15 is 0 Å². The number of aromatic nitrogens is 2. The number of piperidine rings is 1. The predicted molar refractivity (Wildman–Crippen MR) is 85.6 cm³/mol. The first kappa shape index (κ1) is 14.2. The molecule has 2 aromatic rings.